The van der Waals surface area contributed by atoms with E-state index < -0.39 is 0 Å². The van der Waals surface area contributed by atoms with Gasteiger partial charge in [0, 0.05) is 48.5 Å². The second kappa shape index (κ2) is 15.0. The summed E-state index contributed by atoms with van der Waals surface area (Å²) in [6.45, 7) is 16.4. The Kier molecular flexibility index (Phi) is 9.41. The molecule has 0 N–H and O–H groups in total. The molecule has 0 unspecified atom stereocenters. The summed E-state index contributed by atoms with van der Waals surface area (Å²) < 4.78 is 4.80. The van der Waals surface area contributed by atoms with Crippen molar-refractivity contribution in [3.05, 3.63) is 216 Å². The lowest BCUT2D eigenvalue weighted by Crippen LogP contribution is -2.04. The molecule has 0 aliphatic heterocycles. The van der Waals surface area contributed by atoms with Crippen LogP contribution in [0.2, 0.25) is 0 Å². The number of thiophene rings is 1. The number of aryl methyl sites for hydroxylation is 1. The van der Waals surface area contributed by atoms with Gasteiger partial charge in [-0.2, -0.15) is 0 Å². The Bertz CT molecular complexity index is 2990. The molecule has 8 aromatic rings. The van der Waals surface area contributed by atoms with Gasteiger partial charge in [0.1, 0.15) is 0 Å². The van der Waals surface area contributed by atoms with E-state index in [4.69, 9.17) is 9.98 Å². The number of aliphatic imine (C=N–C) groups is 2. The van der Waals surface area contributed by atoms with Crippen LogP contribution in [0.25, 0.3) is 66.0 Å². The van der Waals surface area contributed by atoms with E-state index in [0.29, 0.717) is 11.5 Å². The van der Waals surface area contributed by atoms with Gasteiger partial charge in [-0.3, -0.25) is 0 Å². The monoisotopic (exact) mass is 751 g/mol. The van der Waals surface area contributed by atoms with E-state index in [-0.39, 0.29) is 0 Å². The zero-order valence-corrected chi connectivity index (χ0v) is 33.0. The van der Waals surface area contributed by atoms with E-state index in [0.717, 1.165) is 45.9 Å². The maximum Gasteiger partial charge on any atom is 0.160 e. The summed E-state index contributed by atoms with van der Waals surface area (Å²) in [5, 5.41) is 2.53. The van der Waals surface area contributed by atoms with Crippen molar-refractivity contribution >= 4 is 60.9 Å². The van der Waals surface area contributed by atoms with Crippen LogP contribution in [0.15, 0.2) is 181 Å². The molecule has 274 valence electrons. The van der Waals surface area contributed by atoms with E-state index in [1.165, 1.54) is 59.1 Å². The number of allylic oxidation sites excluding steroid dienone is 2. The Balaban J connectivity index is 1.01. The van der Waals surface area contributed by atoms with Gasteiger partial charge in [0.25, 0.3) is 0 Å². The minimum absolute atomic E-state index is 0.643. The second-order valence-electron chi connectivity index (χ2n) is 14.5. The highest BCUT2D eigenvalue weighted by Gasteiger charge is 2.21. The molecule has 6 aromatic carbocycles. The standard InChI is InChI=1S/C53H41N3S/c1-6-8-19-50-34(3)28-44(7-2)56(50)45-23-27-47-43(31-45)30-42-29-40(21-24-46(42)47)41-22-26-49-48-25-20-39(32-51(48)57-52(49)33-41)36(5)55-53(38-17-13-10-14-18-38)54-35(4)37-15-11-9-12-16-37/h6-29,31-33H,1-2,4,30H2,3,5H3/b19-8-,54-53-,55-36+. The molecule has 0 saturated heterocycles. The summed E-state index contributed by atoms with van der Waals surface area (Å²) in [6, 6.07) is 49.7. The zero-order chi connectivity index (χ0) is 39.0. The molecule has 0 atom stereocenters. The van der Waals surface area contributed by atoms with Crippen LogP contribution in [0.4, 0.5) is 0 Å². The number of hydrogen-bond donors (Lipinski definition) is 0. The summed E-state index contributed by atoms with van der Waals surface area (Å²) in [5.41, 5.74) is 17.0. The van der Waals surface area contributed by atoms with Crippen LogP contribution in [0.5, 0.6) is 0 Å². The molecule has 0 amide bonds. The summed E-state index contributed by atoms with van der Waals surface area (Å²) in [7, 11) is 0. The Labute approximate surface area is 338 Å². The van der Waals surface area contributed by atoms with Crippen molar-refractivity contribution in [3.8, 4) is 27.9 Å². The van der Waals surface area contributed by atoms with Crippen LogP contribution in [0, 0.1) is 6.92 Å². The highest BCUT2D eigenvalue weighted by Crippen LogP contribution is 2.42. The number of hydrogen-bond acceptors (Lipinski definition) is 2. The number of fused-ring (bicyclic) bond motifs is 6. The molecular formula is C53H41N3S. The molecule has 0 radical (unpaired) electrons. The van der Waals surface area contributed by atoms with Gasteiger partial charge in [-0.1, -0.05) is 141 Å². The fraction of sp³-hybridized carbons (Fsp3) is 0.0566. The predicted octanol–water partition coefficient (Wildman–Crippen LogP) is 14.2. The minimum atomic E-state index is 0.643. The minimum Gasteiger partial charge on any atom is -0.310 e. The van der Waals surface area contributed by atoms with Crippen LogP contribution in [-0.2, 0) is 6.42 Å². The first kappa shape index (κ1) is 35.8. The molecule has 0 spiro atoms. The molecule has 3 nitrogen and oxygen atoms in total. The number of benzene rings is 6. The van der Waals surface area contributed by atoms with E-state index in [1.54, 1.807) is 0 Å². The predicted molar refractivity (Wildman–Crippen MR) is 247 cm³/mol. The van der Waals surface area contributed by atoms with Crippen molar-refractivity contribution in [2.75, 3.05) is 0 Å². The lowest BCUT2D eigenvalue weighted by atomic mass is 9.98. The van der Waals surface area contributed by atoms with Crippen molar-refractivity contribution in [2.24, 2.45) is 9.98 Å². The third kappa shape index (κ3) is 6.75. The quantitative estimate of drug-likeness (QED) is 0.0799. The molecule has 0 fully saturated rings. The van der Waals surface area contributed by atoms with Gasteiger partial charge in [0.05, 0.1) is 5.70 Å². The van der Waals surface area contributed by atoms with Crippen LogP contribution >= 0.6 is 11.3 Å². The van der Waals surface area contributed by atoms with Gasteiger partial charge in [0.15, 0.2) is 5.84 Å². The molecule has 1 aliphatic rings. The normalized spacial score (nSPS) is 12.7. The number of rotatable bonds is 9. The first-order valence-corrected chi connectivity index (χ1v) is 20.0. The van der Waals surface area contributed by atoms with Gasteiger partial charge >= 0.3 is 0 Å². The van der Waals surface area contributed by atoms with E-state index in [2.05, 4.69) is 123 Å². The Morgan fingerprint density at radius 1 is 0.667 bits per heavy atom. The molecule has 2 aromatic heterocycles. The lowest BCUT2D eigenvalue weighted by molar-refractivity contribution is 1.04. The maximum atomic E-state index is 5.08. The summed E-state index contributed by atoms with van der Waals surface area (Å²) in [4.78, 5) is 10.00. The molecule has 0 saturated carbocycles. The van der Waals surface area contributed by atoms with E-state index in [1.807, 2.05) is 90.2 Å². The van der Waals surface area contributed by atoms with Gasteiger partial charge in [-0.25, -0.2) is 9.98 Å². The number of amidine groups is 1. The largest absolute Gasteiger partial charge is 0.310 e. The molecule has 0 bridgehead atoms. The van der Waals surface area contributed by atoms with Crippen molar-refractivity contribution in [2.45, 2.75) is 20.3 Å². The molecule has 4 heteroatoms. The first-order chi connectivity index (χ1) is 27.9. The average Bonchev–Trinajstić information content (AvgIpc) is 3.91. The maximum absolute atomic E-state index is 5.08. The smallest absolute Gasteiger partial charge is 0.160 e. The lowest BCUT2D eigenvalue weighted by Gasteiger charge is -2.12. The topological polar surface area (TPSA) is 29.6 Å². The molecule has 9 rings (SSSR count). The number of aromatic nitrogens is 1. The highest BCUT2D eigenvalue weighted by atomic mass is 32.1. The summed E-state index contributed by atoms with van der Waals surface area (Å²) in [6.07, 6.45) is 8.76. The Morgan fingerprint density at radius 2 is 1.32 bits per heavy atom. The third-order valence-corrected chi connectivity index (χ3v) is 12.0. The van der Waals surface area contributed by atoms with E-state index >= 15 is 0 Å². The summed E-state index contributed by atoms with van der Waals surface area (Å²) >= 11 is 1.83. The molecular weight excluding hydrogens is 711 g/mol. The van der Waals surface area contributed by atoms with Crippen LogP contribution in [0.1, 0.15) is 51.7 Å². The number of nitrogens with zero attached hydrogens (tertiary/aromatic N) is 3. The SMILES string of the molecule is C=C/C=C\c1c(C)cc(C=C)n1-c1ccc2c(c1)Cc1cc(-c3ccc4c(c3)sc3cc(/C(C)=N/C(=N\C(=C)c5ccccc5)c5ccccc5)ccc34)ccc1-2. The first-order valence-electron chi connectivity index (χ1n) is 19.2. The van der Waals surface area contributed by atoms with Crippen LogP contribution in [-0.4, -0.2) is 16.1 Å². The molecule has 2 heterocycles. The van der Waals surface area contributed by atoms with Gasteiger partial charge in [-0.15, -0.1) is 11.3 Å². The van der Waals surface area contributed by atoms with E-state index in [9.17, 15) is 0 Å². The molecule has 1 aliphatic carbocycles. The van der Waals surface area contributed by atoms with Crippen molar-refractivity contribution in [1.29, 1.82) is 0 Å². The molecule has 57 heavy (non-hydrogen) atoms. The second-order valence-corrected chi connectivity index (χ2v) is 15.6. The fourth-order valence-corrected chi connectivity index (χ4v) is 9.15. The van der Waals surface area contributed by atoms with Crippen molar-refractivity contribution in [1.82, 2.24) is 4.57 Å². The Hall–Kier alpha value is -6.88. The van der Waals surface area contributed by atoms with Crippen LogP contribution in [0.3, 0.4) is 0 Å². The van der Waals surface area contributed by atoms with Crippen molar-refractivity contribution < 1.29 is 0 Å². The van der Waals surface area contributed by atoms with Gasteiger partial charge < -0.3 is 4.57 Å². The van der Waals surface area contributed by atoms with Crippen molar-refractivity contribution in [3.63, 3.8) is 0 Å². The average molecular weight is 752 g/mol. The van der Waals surface area contributed by atoms with Gasteiger partial charge in [0.2, 0.25) is 0 Å². The summed E-state index contributed by atoms with van der Waals surface area (Å²) in [5.74, 6) is 0.643. The Morgan fingerprint density at radius 3 is 2.05 bits per heavy atom. The van der Waals surface area contributed by atoms with Crippen LogP contribution < -0.4 is 0 Å². The van der Waals surface area contributed by atoms with Gasteiger partial charge in [-0.05, 0) is 113 Å². The fourth-order valence-electron chi connectivity index (χ4n) is 7.96. The zero-order valence-electron chi connectivity index (χ0n) is 32.2. The third-order valence-electron chi connectivity index (χ3n) is 10.9. The highest BCUT2D eigenvalue weighted by molar-refractivity contribution is 7.25.